The zero-order valence-corrected chi connectivity index (χ0v) is 9.07. The highest BCUT2D eigenvalue weighted by Crippen LogP contribution is 2.49. The second-order valence-electron chi connectivity index (χ2n) is 4.58. The minimum Gasteiger partial charge on any atom is -0.463 e. The Labute approximate surface area is 93.8 Å². The SMILES string of the molecule is Cc1cc2c(o1)C1OC(C2)c2ccccc21. The molecule has 0 spiro atoms. The summed E-state index contributed by atoms with van der Waals surface area (Å²) in [7, 11) is 0. The average Bonchev–Trinajstić information content (AvgIpc) is 2.81. The van der Waals surface area contributed by atoms with E-state index in [0.717, 1.165) is 17.9 Å². The molecule has 0 saturated carbocycles. The highest BCUT2D eigenvalue weighted by Gasteiger charge is 2.40. The van der Waals surface area contributed by atoms with Crippen molar-refractivity contribution in [1.82, 2.24) is 0 Å². The molecular formula is C14H12O2. The van der Waals surface area contributed by atoms with Crippen molar-refractivity contribution in [2.75, 3.05) is 0 Å². The number of hydrogen-bond acceptors (Lipinski definition) is 2. The van der Waals surface area contributed by atoms with E-state index in [1.165, 1.54) is 16.7 Å². The van der Waals surface area contributed by atoms with Gasteiger partial charge in [-0.05, 0) is 29.7 Å². The van der Waals surface area contributed by atoms with Gasteiger partial charge in [0.2, 0.25) is 0 Å². The minimum absolute atomic E-state index is 0.0265. The maximum absolute atomic E-state index is 6.01. The van der Waals surface area contributed by atoms with Crippen molar-refractivity contribution in [2.24, 2.45) is 0 Å². The molecule has 2 aliphatic rings. The molecule has 16 heavy (non-hydrogen) atoms. The highest BCUT2D eigenvalue weighted by atomic mass is 16.5. The maximum atomic E-state index is 6.01. The van der Waals surface area contributed by atoms with Gasteiger partial charge in [-0.15, -0.1) is 0 Å². The predicted octanol–water partition coefficient (Wildman–Crippen LogP) is 3.30. The van der Waals surface area contributed by atoms with Gasteiger partial charge in [0.1, 0.15) is 17.6 Å². The molecule has 1 aromatic carbocycles. The van der Waals surface area contributed by atoms with Crippen LogP contribution in [0.15, 0.2) is 34.7 Å². The zero-order valence-electron chi connectivity index (χ0n) is 9.07. The van der Waals surface area contributed by atoms with Gasteiger partial charge in [-0.2, -0.15) is 0 Å². The molecule has 0 fully saturated rings. The van der Waals surface area contributed by atoms with E-state index in [-0.39, 0.29) is 12.2 Å². The number of benzene rings is 1. The summed E-state index contributed by atoms with van der Waals surface area (Å²) in [5.41, 5.74) is 3.92. The third-order valence-corrected chi connectivity index (χ3v) is 3.53. The van der Waals surface area contributed by atoms with Gasteiger partial charge in [-0.25, -0.2) is 0 Å². The van der Waals surface area contributed by atoms with Gasteiger partial charge >= 0.3 is 0 Å². The number of ether oxygens (including phenoxy) is 1. The summed E-state index contributed by atoms with van der Waals surface area (Å²) in [5, 5.41) is 0. The number of rotatable bonds is 0. The van der Waals surface area contributed by atoms with Crippen LogP contribution in [0.2, 0.25) is 0 Å². The van der Waals surface area contributed by atoms with E-state index >= 15 is 0 Å². The monoisotopic (exact) mass is 212 g/mol. The topological polar surface area (TPSA) is 22.4 Å². The lowest BCUT2D eigenvalue weighted by atomic mass is 10.0. The molecule has 2 atom stereocenters. The second-order valence-corrected chi connectivity index (χ2v) is 4.58. The van der Waals surface area contributed by atoms with Crippen LogP contribution in [0.3, 0.4) is 0 Å². The summed E-state index contributed by atoms with van der Waals surface area (Å²) >= 11 is 0. The Morgan fingerprint density at radius 3 is 2.88 bits per heavy atom. The molecule has 2 bridgehead atoms. The van der Waals surface area contributed by atoms with Crippen LogP contribution in [0.1, 0.15) is 40.4 Å². The van der Waals surface area contributed by atoms with Gasteiger partial charge in [-0.3, -0.25) is 0 Å². The van der Waals surface area contributed by atoms with Gasteiger partial charge < -0.3 is 9.15 Å². The van der Waals surface area contributed by atoms with Crippen LogP contribution in [-0.4, -0.2) is 0 Å². The Hall–Kier alpha value is -1.54. The molecule has 0 N–H and O–H groups in total. The molecule has 4 rings (SSSR count). The van der Waals surface area contributed by atoms with Crippen molar-refractivity contribution in [2.45, 2.75) is 25.6 Å². The zero-order chi connectivity index (χ0) is 10.7. The van der Waals surface area contributed by atoms with Crippen molar-refractivity contribution in [3.8, 4) is 0 Å². The largest absolute Gasteiger partial charge is 0.463 e. The van der Waals surface area contributed by atoms with E-state index in [9.17, 15) is 0 Å². The van der Waals surface area contributed by atoms with E-state index < -0.39 is 0 Å². The molecule has 0 amide bonds. The first-order valence-electron chi connectivity index (χ1n) is 5.66. The molecule has 2 heteroatoms. The fourth-order valence-corrected chi connectivity index (χ4v) is 2.88. The standard InChI is InChI=1S/C14H12O2/c1-8-6-9-7-12-10-4-2-3-5-11(10)14(16-12)13(9)15-8/h2-6,12,14H,7H2,1H3. The molecule has 80 valence electrons. The molecule has 2 aliphatic heterocycles. The number of furan rings is 1. The Kier molecular flexibility index (Phi) is 1.49. The van der Waals surface area contributed by atoms with Crippen LogP contribution < -0.4 is 0 Å². The number of hydrogen-bond donors (Lipinski definition) is 0. The average molecular weight is 212 g/mol. The number of aryl methyl sites for hydroxylation is 1. The van der Waals surface area contributed by atoms with Crippen molar-refractivity contribution >= 4 is 0 Å². The van der Waals surface area contributed by atoms with Gasteiger partial charge in [0.25, 0.3) is 0 Å². The van der Waals surface area contributed by atoms with Crippen LogP contribution in [0.4, 0.5) is 0 Å². The van der Waals surface area contributed by atoms with E-state index in [0.29, 0.717) is 0 Å². The molecule has 2 aromatic rings. The normalized spacial score (nSPS) is 25.3. The molecule has 3 heterocycles. The molecule has 1 aromatic heterocycles. The predicted molar refractivity (Wildman–Crippen MR) is 59.3 cm³/mol. The van der Waals surface area contributed by atoms with Crippen molar-refractivity contribution in [3.05, 3.63) is 58.5 Å². The van der Waals surface area contributed by atoms with Gasteiger partial charge in [0, 0.05) is 6.42 Å². The first-order valence-corrected chi connectivity index (χ1v) is 5.66. The van der Waals surface area contributed by atoms with Crippen LogP contribution in [0.25, 0.3) is 0 Å². The summed E-state index contributed by atoms with van der Waals surface area (Å²) in [5.74, 6) is 2.00. The third kappa shape index (κ3) is 0.952. The lowest BCUT2D eigenvalue weighted by Crippen LogP contribution is -2.10. The first kappa shape index (κ1) is 8.59. The fourth-order valence-electron chi connectivity index (χ4n) is 2.88. The molecule has 2 unspecified atom stereocenters. The lowest BCUT2D eigenvalue weighted by Gasteiger charge is -2.19. The lowest BCUT2D eigenvalue weighted by molar-refractivity contribution is 0.00850. The summed E-state index contributed by atoms with van der Waals surface area (Å²) in [6.45, 7) is 2.00. The van der Waals surface area contributed by atoms with Gasteiger partial charge in [0.15, 0.2) is 0 Å². The molecular weight excluding hydrogens is 200 g/mol. The Morgan fingerprint density at radius 2 is 2.00 bits per heavy atom. The van der Waals surface area contributed by atoms with Crippen LogP contribution >= 0.6 is 0 Å². The molecule has 0 aliphatic carbocycles. The van der Waals surface area contributed by atoms with Crippen LogP contribution in [0.5, 0.6) is 0 Å². The van der Waals surface area contributed by atoms with E-state index in [4.69, 9.17) is 9.15 Å². The Morgan fingerprint density at radius 1 is 1.19 bits per heavy atom. The van der Waals surface area contributed by atoms with Crippen LogP contribution in [-0.2, 0) is 11.2 Å². The fraction of sp³-hybridized carbons (Fsp3) is 0.286. The summed E-state index contributed by atoms with van der Waals surface area (Å²) in [4.78, 5) is 0. The molecule has 0 saturated heterocycles. The van der Waals surface area contributed by atoms with Gasteiger partial charge in [0.05, 0.1) is 6.10 Å². The summed E-state index contributed by atoms with van der Waals surface area (Å²) in [6.07, 6.45) is 1.20. The first-order chi connectivity index (χ1) is 7.83. The molecule has 2 nitrogen and oxygen atoms in total. The highest BCUT2D eigenvalue weighted by molar-refractivity contribution is 5.45. The Balaban J connectivity index is 1.97. The van der Waals surface area contributed by atoms with Gasteiger partial charge in [-0.1, -0.05) is 24.3 Å². The smallest absolute Gasteiger partial charge is 0.142 e. The second kappa shape index (κ2) is 2.77. The van der Waals surface area contributed by atoms with E-state index in [1.54, 1.807) is 0 Å². The van der Waals surface area contributed by atoms with E-state index in [2.05, 4.69) is 30.3 Å². The van der Waals surface area contributed by atoms with E-state index in [1.807, 2.05) is 6.92 Å². The van der Waals surface area contributed by atoms with Crippen molar-refractivity contribution < 1.29 is 9.15 Å². The van der Waals surface area contributed by atoms with Crippen LogP contribution in [0, 0.1) is 6.92 Å². The van der Waals surface area contributed by atoms with Crippen molar-refractivity contribution in [3.63, 3.8) is 0 Å². The summed E-state index contributed by atoms with van der Waals surface area (Å²) in [6, 6.07) is 10.6. The van der Waals surface area contributed by atoms with Crippen molar-refractivity contribution in [1.29, 1.82) is 0 Å². The third-order valence-electron chi connectivity index (χ3n) is 3.53. The number of fused-ring (bicyclic) bond motifs is 7. The summed E-state index contributed by atoms with van der Waals surface area (Å²) < 4.78 is 11.8. The quantitative estimate of drug-likeness (QED) is 0.668. The maximum Gasteiger partial charge on any atom is 0.142 e. The molecule has 0 radical (unpaired) electrons. The Bertz CT molecular complexity index is 568. The minimum atomic E-state index is 0.0265.